The van der Waals surface area contributed by atoms with Crippen LogP contribution in [0, 0.1) is 0 Å². The van der Waals surface area contributed by atoms with E-state index in [2.05, 4.69) is 37.5 Å². The summed E-state index contributed by atoms with van der Waals surface area (Å²) in [5.41, 5.74) is 3.40. The second-order valence-corrected chi connectivity index (χ2v) is 7.85. The highest BCUT2D eigenvalue weighted by Crippen LogP contribution is 2.40. The highest BCUT2D eigenvalue weighted by molar-refractivity contribution is 6.09. The number of hydrogen-bond acceptors (Lipinski definition) is 4. The van der Waals surface area contributed by atoms with Crippen LogP contribution in [0.3, 0.4) is 0 Å². The van der Waals surface area contributed by atoms with Gasteiger partial charge in [0, 0.05) is 22.7 Å². The normalized spacial score (nSPS) is 17.8. The van der Waals surface area contributed by atoms with E-state index in [1.807, 2.05) is 12.1 Å². The molecule has 1 aliphatic rings. The molecule has 1 aromatic heterocycles. The lowest BCUT2D eigenvalue weighted by atomic mass is 9.81. The average Bonchev–Trinajstić information content (AvgIpc) is 2.60. The summed E-state index contributed by atoms with van der Waals surface area (Å²) in [6.45, 7) is 6.50. The quantitative estimate of drug-likeness (QED) is 0.646. The Morgan fingerprint density at radius 3 is 2.81 bits per heavy atom. The van der Waals surface area contributed by atoms with Crippen molar-refractivity contribution in [2.75, 3.05) is 10.6 Å². The molecule has 0 radical (unpaired) electrons. The molecule has 2 aromatic carbocycles. The van der Waals surface area contributed by atoms with Crippen LogP contribution in [0.15, 0.2) is 57.7 Å². The van der Waals surface area contributed by atoms with E-state index in [9.17, 15) is 9.59 Å². The third-order valence-corrected chi connectivity index (χ3v) is 5.03. The molecule has 0 bridgehead atoms. The highest BCUT2D eigenvalue weighted by Gasteiger charge is 2.31. The van der Waals surface area contributed by atoms with E-state index in [1.54, 1.807) is 24.3 Å². The van der Waals surface area contributed by atoms with Crippen molar-refractivity contribution in [3.05, 3.63) is 70.1 Å². The first-order valence-electron chi connectivity index (χ1n) is 9.09. The molecule has 2 heterocycles. The van der Waals surface area contributed by atoms with Gasteiger partial charge < -0.3 is 15.1 Å². The maximum Gasteiger partial charge on any atom is 0.336 e. The van der Waals surface area contributed by atoms with Gasteiger partial charge >= 0.3 is 5.63 Å². The van der Waals surface area contributed by atoms with Crippen molar-refractivity contribution in [3.63, 3.8) is 0 Å². The number of benzene rings is 2. The minimum atomic E-state index is -0.391. The Balaban J connectivity index is 1.67. The zero-order chi connectivity index (χ0) is 19.2. The number of nitrogens with one attached hydrogen (secondary N) is 2. The number of para-hydroxylation sites is 1. The summed E-state index contributed by atoms with van der Waals surface area (Å²) in [7, 11) is 0. The molecule has 0 aliphatic carbocycles. The Labute approximate surface area is 157 Å². The van der Waals surface area contributed by atoms with E-state index < -0.39 is 5.63 Å². The van der Waals surface area contributed by atoms with Crippen molar-refractivity contribution in [2.45, 2.75) is 38.6 Å². The van der Waals surface area contributed by atoms with Crippen molar-refractivity contribution in [3.8, 4) is 0 Å². The topological polar surface area (TPSA) is 71.3 Å². The van der Waals surface area contributed by atoms with Gasteiger partial charge in [0.2, 0.25) is 0 Å². The summed E-state index contributed by atoms with van der Waals surface area (Å²) >= 11 is 0. The Hall–Kier alpha value is -3.08. The van der Waals surface area contributed by atoms with Crippen LogP contribution < -0.4 is 16.3 Å². The van der Waals surface area contributed by atoms with E-state index in [0.29, 0.717) is 22.8 Å². The van der Waals surface area contributed by atoms with Gasteiger partial charge in [-0.3, -0.25) is 4.79 Å². The number of carbonyl (C=O) groups excluding carboxylic acids is 1. The number of anilines is 2. The second kappa shape index (κ2) is 6.27. The number of rotatable bonds is 2. The molecule has 1 aliphatic heterocycles. The van der Waals surface area contributed by atoms with Crippen LogP contribution in [0.5, 0.6) is 0 Å². The Bertz CT molecular complexity index is 1100. The van der Waals surface area contributed by atoms with E-state index in [0.717, 1.165) is 17.5 Å². The van der Waals surface area contributed by atoms with E-state index in [1.165, 1.54) is 11.6 Å². The Kier molecular flexibility index (Phi) is 4.02. The standard InChI is InChI=1S/C22H22N2O3/c1-13-12-22(2,3)24-20-16(13)5-4-6-17(20)21(26)23-15-8-9-18-14(11-15)7-10-19(25)27-18/h4-11,13,24H,12H2,1-3H3,(H,23,26). The van der Waals surface area contributed by atoms with Crippen LogP contribution in [0.4, 0.5) is 11.4 Å². The first-order chi connectivity index (χ1) is 12.8. The largest absolute Gasteiger partial charge is 0.423 e. The summed E-state index contributed by atoms with van der Waals surface area (Å²) in [5, 5.41) is 7.25. The molecule has 0 saturated heterocycles. The minimum Gasteiger partial charge on any atom is -0.423 e. The zero-order valence-electron chi connectivity index (χ0n) is 15.6. The van der Waals surface area contributed by atoms with Crippen LogP contribution in [0.2, 0.25) is 0 Å². The SMILES string of the molecule is CC1CC(C)(C)Nc2c(C(=O)Nc3ccc4oc(=O)ccc4c3)cccc21. The summed E-state index contributed by atoms with van der Waals surface area (Å²) in [6, 6.07) is 14.1. The van der Waals surface area contributed by atoms with Gasteiger partial charge in [0.25, 0.3) is 5.91 Å². The number of fused-ring (bicyclic) bond motifs is 2. The molecule has 0 saturated carbocycles. The average molecular weight is 362 g/mol. The molecule has 0 spiro atoms. The fourth-order valence-corrected chi connectivity index (χ4v) is 3.92. The maximum absolute atomic E-state index is 13.0. The van der Waals surface area contributed by atoms with Crippen LogP contribution in [-0.2, 0) is 0 Å². The van der Waals surface area contributed by atoms with Gasteiger partial charge in [-0.2, -0.15) is 0 Å². The lowest BCUT2D eigenvalue weighted by Crippen LogP contribution is -2.37. The molecule has 0 fully saturated rings. The predicted molar refractivity (Wildman–Crippen MR) is 108 cm³/mol. The van der Waals surface area contributed by atoms with Gasteiger partial charge in [-0.25, -0.2) is 4.79 Å². The summed E-state index contributed by atoms with van der Waals surface area (Å²) in [6.07, 6.45) is 1.01. The molecular weight excluding hydrogens is 340 g/mol. The van der Waals surface area contributed by atoms with Crippen LogP contribution in [0.25, 0.3) is 11.0 Å². The molecule has 138 valence electrons. The molecule has 1 unspecified atom stereocenters. The Morgan fingerprint density at radius 1 is 1.19 bits per heavy atom. The third-order valence-electron chi connectivity index (χ3n) is 5.03. The van der Waals surface area contributed by atoms with E-state index in [-0.39, 0.29) is 11.4 Å². The smallest absolute Gasteiger partial charge is 0.336 e. The maximum atomic E-state index is 13.0. The van der Waals surface area contributed by atoms with Crippen molar-refractivity contribution < 1.29 is 9.21 Å². The van der Waals surface area contributed by atoms with Crippen molar-refractivity contribution in [2.24, 2.45) is 0 Å². The third kappa shape index (κ3) is 3.33. The molecule has 1 amide bonds. The fraction of sp³-hybridized carbons (Fsp3) is 0.273. The molecule has 27 heavy (non-hydrogen) atoms. The van der Waals surface area contributed by atoms with Gasteiger partial charge in [-0.05, 0) is 62.1 Å². The van der Waals surface area contributed by atoms with E-state index >= 15 is 0 Å². The van der Waals surface area contributed by atoms with Crippen LogP contribution in [0.1, 0.15) is 49.0 Å². The first-order valence-corrected chi connectivity index (χ1v) is 9.09. The van der Waals surface area contributed by atoms with Crippen molar-refractivity contribution in [1.29, 1.82) is 0 Å². The molecular formula is C22H22N2O3. The van der Waals surface area contributed by atoms with Gasteiger partial charge in [0.1, 0.15) is 5.58 Å². The Morgan fingerprint density at radius 2 is 2.00 bits per heavy atom. The number of carbonyl (C=O) groups is 1. The van der Waals surface area contributed by atoms with Gasteiger partial charge in [-0.1, -0.05) is 19.1 Å². The zero-order valence-corrected chi connectivity index (χ0v) is 15.6. The van der Waals surface area contributed by atoms with Crippen molar-refractivity contribution in [1.82, 2.24) is 0 Å². The number of amides is 1. The highest BCUT2D eigenvalue weighted by atomic mass is 16.4. The molecule has 1 atom stereocenters. The van der Waals surface area contributed by atoms with Gasteiger partial charge in [0.15, 0.2) is 0 Å². The lowest BCUT2D eigenvalue weighted by Gasteiger charge is -2.38. The summed E-state index contributed by atoms with van der Waals surface area (Å²) in [4.78, 5) is 24.3. The van der Waals surface area contributed by atoms with Crippen LogP contribution >= 0.6 is 0 Å². The minimum absolute atomic E-state index is 0.0662. The van der Waals surface area contributed by atoms with Crippen molar-refractivity contribution >= 4 is 28.3 Å². The fourth-order valence-electron chi connectivity index (χ4n) is 3.92. The first kappa shape index (κ1) is 17.3. The predicted octanol–water partition coefficient (Wildman–Crippen LogP) is 4.74. The van der Waals surface area contributed by atoms with Gasteiger partial charge in [0.05, 0.1) is 11.3 Å². The monoisotopic (exact) mass is 362 g/mol. The molecule has 5 heteroatoms. The molecule has 4 rings (SSSR count). The molecule has 2 N–H and O–H groups in total. The van der Waals surface area contributed by atoms with E-state index in [4.69, 9.17) is 4.42 Å². The van der Waals surface area contributed by atoms with Crippen LogP contribution in [-0.4, -0.2) is 11.4 Å². The second-order valence-electron chi connectivity index (χ2n) is 7.85. The van der Waals surface area contributed by atoms with Gasteiger partial charge in [-0.15, -0.1) is 0 Å². The summed E-state index contributed by atoms with van der Waals surface area (Å²) < 4.78 is 5.14. The molecule has 3 aromatic rings. The summed E-state index contributed by atoms with van der Waals surface area (Å²) in [5.74, 6) is 0.216. The molecule has 5 nitrogen and oxygen atoms in total. The lowest BCUT2D eigenvalue weighted by molar-refractivity contribution is 0.102. The number of hydrogen-bond donors (Lipinski definition) is 2.